The van der Waals surface area contributed by atoms with Crippen LogP contribution in [0, 0.1) is 11.3 Å². The van der Waals surface area contributed by atoms with Gasteiger partial charge in [0.05, 0.1) is 16.9 Å². The predicted molar refractivity (Wildman–Crippen MR) is 147 cm³/mol. The van der Waals surface area contributed by atoms with Gasteiger partial charge in [0.25, 0.3) is 0 Å². The maximum atomic E-state index is 9.44. The van der Waals surface area contributed by atoms with Crippen molar-refractivity contribution in [2.45, 2.75) is 19.3 Å². The molecule has 3 heteroatoms. The lowest BCUT2D eigenvalue weighted by Gasteiger charge is -2.42. The zero-order valence-corrected chi connectivity index (χ0v) is 20.3. The average molecular weight is 464 g/mol. The first kappa shape index (κ1) is 21.8. The highest BCUT2D eigenvalue weighted by Crippen LogP contribution is 2.51. The largest absolute Gasteiger partial charge is 0.310 e. The molecule has 0 unspecified atom stereocenters. The molecule has 1 aliphatic rings. The molecule has 0 N–H and O–H groups in total. The SMILES string of the molecule is CC1(C)c2ccccc2N(c2cccc(-c3ccc(-c4ccncc4C#N)cc3)c2)c2ccccc21. The smallest absolute Gasteiger partial charge is 0.101 e. The van der Waals surface area contributed by atoms with Crippen molar-refractivity contribution in [3.63, 3.8) is 0 Å². The molecule has 0 radical (unpaired) electrons. The molecule has 0 fully saturated rings. The Morgan fingerprint density at radius 3 is 2.00 bits per heavy atom. The van der Waals surface area contributed by atoms with Gasteiger partial charge in [0.15, 0.2) is 0 Å². The number of para-hydroxylation sites is 2. The molecule has 4 aromatic carbocycles. The van der Waals surface area contributed by atoms with Crippen molar-refractivity contribution in [3.05, 3.63) is 132 Å². The van der Waals surface area contributed by atoms with Gasteiger partial charge in [-0.15, -0.1) is 0 Å². The number of anilines is 3. The van der Waals surface area contributed by atoms with Gasteiger partial charge in [0, 0.05) is 29.1 Å². The number of aromatic nitrogens is 1. The summed E-state index contributed by atoms with van der Waals surface area (Å²) in [5, 5.41) is 9.44. The van der Waals surface area contributed by atoms with Gasteiger partial charge in [-0.1, -0.05) is 86.6 Å². The van der Waals surface area contributed by atoms with E-state index in [4.69, 9.17) is 0 Å². The van der Waals surface area contributed by atoms with Gasteiger partial charge in [0.1, 0.15) is 6.07 Å². The standard InChI is InChI=1S/C33H25N3/c1-33(2)29-10-3-5-12-31(29)36(32-13-6-4-11-30(32)33)27-9-7-8-25(20-27)23-14-16-24(17-15-23)28-18-19-35-22-26(28)21-34/h3-20,22H,1-2H3. The summed E-state index contributed by atoms with van der Waals surface area (Å²) in [6, 6.07) is 38.7. The highest BCUT2D eigenvalue weighted by molar-refractivity contribution is 5.87. The predicted octanol–water partition coefficient (Wildman–Crippen LogP) is 8.40. The third-order valence-electron chi connectivity index (χ3n) is 7.21. The first-order chi connectivity index (χ1) is 17.6. The van der Waals surface area contributed by atoms with Crippen LogP contribution in [0.5, 0.6) is 0 Å². The third kappa shape index (κ3) is 3.47. The van der Waals surface area contributed by atoms with Crippen LogP contribution in [0.25, 0.3) is 22.3 Å². The molecule has 3 nitrogen and oxygen atoms in total. The topological polar surface area (TPSA) is 39.9 Å². The van der Waals surface area contributed by atoms with E-state index >= 15 is 0 Å². The molecule has 6 rings (SSSR count). The Hall–Kier alpha value is -4.68. The minimum atomic E-state index is -0.0770. The van der Waals surface area contributed by atoms with Gasteiger partial charge in [-0.25, -0.2) is 0 Å². The first-order valence-electron chi connectivity index (χ1n) is 12.1. The number of rotatable bonds is 3. The lowest BCUT2D eigenvalue weighted by Crippen LogP contribution is -2.30. The van der Waals surface area contributed by atoms with Crippen LogP contribution in [0.15, 0.2) is 116 Å². The van der Waals surface area contributed by atoms with E-state index in [-0.39, 0.29) is 5.41 Å². The molecule has 0 saturated heterocycles. The summed E-state index contributed by atoms with van der Waals surface area (Å²) in [5.41, 5.74) is 10.9. The Morgan fingerprint density at radius 2 is 1.33 bits per heavy atom. The maximum absolute atomic E-state index is 9.44. The van der Waals surface area contributed by atoms with Gasteiger partial charge in [0.2, 0.25) is 0 Å². The Kier molecular flexibility index (Phi) is 5.16. The normalized spacial score (nSPS) is 13.4. The lowest BCUT2D eigenvalue weighted by molar-refractivity contribution is 0.632. The zero-order chi connectivity index (χ0) is 24.7. The van der Waals surface area contributed by atoms with Gasteiger partial charge >= 0.3 is 0 Å². The number of pyridine rings is 1. The Balaban J connectivity index is 1.43. The molecule has 1 aliphatic heterocycles. The van der Waals surface area contributed by atoms with E-state index < -0.39 is 0 Å². The first-order valence-corrected chi connectivity index (χ1v) is 12.1. The Bertz CT molecular complexity index is 1570. The maximum Gasteiger partial charge on any atom is 0.101 e. The van der Waals surface area contributed by atoms with Crippen LogP contribution in [0.3, 0.4) is 0 Å². The van der Waals surface area contributed by atoms with Crippen molar-refractivity contribution < 1.29 is 0 Å². The lowest BCUT2D eigenvalue weighted by atomic mass is 9.73. The van der Waals surface area contributed by atoms with Crippen molar-refractivity contribution in [1.29, 1.82) is 5.26 Å². The van der Waals surface area contributed by atoms with Crippen LogP contribution in [-0.2, 0) is 5.41 Å². The van der Waals surface area contributed by atoms with Gasteiger partial charge in [-0.2, -0.15) is 5.26 Å². The molecule has 0 bridgehead atoms. The van der Waals surface area contributed by atoms with Crippen molar-refractivity contribution in [1.82, 2.24) is 4.98 Å². The third-order valence-corrected chi connectivity index (χ3v) is 7.21. The highest BCUT2D eigenvalue weighted by Gasteiger charge is 2.36. The van der Waals surface area contributed by atoms with Crippen molar-refractivity contribution >= 4 is 17.1 Å². The molecular weight excluding hydrogens is 438 g/mol. The fourth-order valence-corrected chi connectivity index (χ4v) is 5.35. The molecular formula is C33H25N3. The molecule has 0 atom stereocenters. The van der Waals surface area contributed by atoms with Crippen LogP contribution in [0.2, 0.25) is 0 Å². The van der Waals surface area contributed by atoms with Crippen molar-refractivity contribution in [3.8, 4) is 28.3 Å². The van der Waals surface area contributed by atoms with Crippen LogP contribution < -0.4 is 4.90 Å². The number of hydrogen-bond donors (Lipinski definition) is 0. The molecule has 2 heterocycles. The van der Waals surface area contributed by atoms with Crippen LogP contribution in [0.4, 0.5) is 17.1 Å². The van der Waals surface area contributed by atoms with Gasteiger partial charge in [-0.3, -0.25) is 4.98 Å². The molecule has 0 amide bonds. The molecule has 0 aliphatic carbocycles. The second-order valence-electron chi connectivity index (χ2n) is 9.66. The molecule has 1 aromatic heterocycles. The minimum Gasteiger partial charge on any atom is -0.310 e. The summed E-state index contributed by atoms with van der Waals surface area (Å²) >= 11 is 0. The van der Waals surface area contributed by atoms with Gasteiger partial charge in [-0.05, 0) is 58.1 Å². The van der Waals surface area contributed by atoms with Crippen molar-refractivity contribution in [2.75, 3.05) is 4.90 Å². The van der Waals surface area contributed by atoms with E-state index in [9.17, 15) is 5.26 Å². The number of hydrogen-bond acceptors (Lipinski definition) is 3. The summed E-state index contributed by atoms with van der Waals surface area (Å²) in [7, 11) is 0. The fourth-order valence-electron chi connectivity index (χ4n) is 5.35. The number of nitrogens with zero attached hydrogens (tertiary/aromatic N) is 3. The minimum absolute atomic E-state index is 0.0770. The summed E-state index contributed by atoms with van der Waals surface area (Å²) in [6.07, 6.45) is 3.34. The van der Waals surface area contributed by atoms with E-state index in [1.807, 2.05) is 6.07 Å². The number of fused-ring (bicyclic) bond motifs is 2. The quantitative estimate of drug-likeness (QED) is 0.270. The highest BCUT2D eigenvalue weighted by atomic mass is 15.2. The Labute approximate surface area is 211 Å². The van der Waals surface area contributed by atoms with E-state index in [1.165, 1.54) is 22.5 Å². The fraction of sp³-hybridized carbons (Fsp3) is 0.0909. The summed E-state index contributed by atoms with van der Waals surface area (Å²) in [4.78, 5) is 6.45. The van der Waals surface area contributed by atoms with Crippen LogP contribution in [-0.4, -0.2) is 4.98 Å². The molecule has 5 aromatic rings. The molecule has 36 heavy (non-hydrogen) atoms. The number of nitriles is 1. The van der Waals surface area contributed by atoms with E-state index in [0.717, 1.165) is 27.9 Å². The summed E-state index contributed by atoms with van der Waals surface area (Å²) < 4.78 is 0. The monoisotopic (exact) mass is 463 g/mol. The van der Waals surface area contributed by atoms with Crippen LogP contribution >= 0.6 is 0 Å². The number of benzene rings is 4. The Morgan fingerprint density at radius 1 is 0.694 bits per heavy atom. The zero-order valence-electron chi connectivity index (χ0n) is 20.3. The van der Waals surface area contributed by atoms with Gasteiger partial charge < -0.3 is 4.90 Å². The van der Waals surface area contributed by atoms with E-state index in [2.05, 4.69) is 127 Å². The second kappa shape index (κ2) is 8.52. The molecule has 0 spiro atoms. The molecule has 172 valence electrons. The summed E-state index contributed by atoms with van der Waals surface area (Å²) in [5.74, 6) is 0. The summed E-state index contributed by atoms with van der Waals surface area (Å²) in [6.45, 7) is 4.61. The average Bonchev–Trinajstić information content (AvgIpc) is 2.93. The van der Waals surface area contributed by atoms with E-state index in [0.29, 0.717) is 5.56 Å². The van der Waals surface area contributed by atoms with Crippen molar-refractivity contribution in [2.24, 2.45) is 0 Å². The van der Waals surface area contributed by atoms with E-state index in [1.54, 1.807) is 12.4 Å². The van der Waals surface area contributed by atoms with Crippen LogP contribution in [0.1, 0.15) is 30.5 Å². The second-order valence-corrected chi connectivity index (χ2v) is 9.66. The molecule has 0 saturated carbocycles.